The van der Waals surface area contributed by atoms with Crippen LogP contribution in [0.2, 0.25) is 0 Å². The summed E-state index contributed by atoms with van der Waals surface area (Å²) in [7, 11) is -4.07. The van der Waals surface area contributed by atoms with E-state index in [0.717, 1.165) is 48.1 Å². The highest BCUT2D eigenvalue weighted by molar-refractivity contribution is 7.89. The van der Waals surface area contributed by atoms with Crippen molar-refractivity contribution in [2.45, 2.75) is 25.4 Å². The molecule has 0 aliphatic rings. The Bertz CT molecular complexity index is 1280. The number of tetrazole rings is 1. The van der Waals surface area contributed by atoms with Crippen molar-refractivity contribution in [3.05, 3.63) is 59.2 Å². The maximum atomic E-state index is 14.4. The largest absolute Gasteiger partial charge is 0.573 e. The number of aliphatic hydroxyl groups is 1. The molecule has 9 nitrogen and oxygen atoms in total. The number of nitrogens with zero attached hydrogens (tertiary/aromatic N) is 4. The number of hydrogen-bond acceptors (Lipinski definition) is 7. The van der Waals surface area contributed by atoms with E-state index in [1.54, 1.807) is 0 Å². The number of rotatable bonds is 7. The minimum atomic E-state index is -4.97. The fraction of sp³-hybridized carbons (Fsp3) is 0.278. The summed E-state index contributed by atoms with van der Waals surface area (Å²) in [6.07, 6.45) is -4.97. The molecule has 0 saturated heterocycles. The molecule has 0 fully saturated rings. The Morgan fingerprint density at radius 2 is 1.79 bits per heavy atom. The van der Waals surface area contributed by atoms with Crippen LogP contribution in [0.15, 0.2) is 36.4 Å². The van der Waals surface area contributed by atoms with Crippen molar-refractivity contribution >= 4 is 10.0 Å². The predicted octanol–water partition coefficient (Wildman–Crippen LogP) is 2.06. The zero-order chi connectivity index (χ0) is 24.6. The van der Waals surface area contributed by atoms with Crippen LogP contribution >= 0.6 is 0 Å². The van der Waals surface area contributed by atoms with Crippen LogP contribution in [0.3, 0.4) is 0 Å². The van der Waals surface area contributed by atoms with E-state index in [-0.39, 0.29) is 22.5 Å². The van der Waals surface area contributed by atoms with E-state index in [0.29, 0.717) is 0 Å². The molecule has 33 heavy (non-hydrogen) atoms. The quantitative estimate of drug-likeness (QED) is 0.482. The first-order valence-electron chi connectivity index (χ1n) is 8.98. The number of alkyl halides is 3. The van der Waals surface area contributed by atoms with Crippen LogP contribution in [0, 0.1) is 11.6 Å². The van der Waals surface area contributed by atoms with Crippen molar-refractivity contribution in [1.82, 2.24) is 20.2 Å². The summed E-state index contributed by atoms with van der Waals surface area (Å²) in [5.74, 6) is -3.51. The van der Waals surface area contributed by atoms with Gasteiger partial charge in [0.15, 0.2) is 0 Å². The Hall–Kier alpha value is -3.17. The lowest BCUT2D eigenvalue weighted by Crippen LogP contribution is -2.34. The number of ether oxygens (including phenoxy) is 1. The molecule has 3 rings (SSSR count). The zero-order valence-electron chi connectivity index (χ0n) is 16.7. The Balaban J connectivity index is 1.89. The van der Waals surface area contributed by atoms with Gasteiger partial charge >= 0.3 is 6.36 Å². The molecule has 0 saturated carbocycles. The van der Waals surface area contributed by atoms with E-state index in [9.17, 15) is 35.5 Å². The van der Waals surface area contributed by atoms with Crippen LogP contribution in [-0.4, -0.2) is 45.8 Å². The van der Waals surface area contributed by atoms with E-state index < -0.39 is 51.7 Å². The topological polar surface area (TPSA) is 133 Å². The lowest BCUT2D eigenvalue weighted by Gasteiger charge is -2.23. The van der Waals surface area contributed by atoms with Crippen molar-refractivity contribution in [3.8, 4) is 17.1 Å². The average molecular weight is 493 g/mol. The molecule has 1 atom stereocenters. The molecule has 0 aliphatic carbocycles. The van der Waals surface area contributed by atoms with Crippen molar-refractivity contribution in [3.63, 3.8) is 0 Å². The van der Waals surface area contributed by atoms with Gasteiger partial charge in [0.25, 0.3) is 0 Å². The van der Waals surface area contributed by atoms with Crippen LogP contribution in [0.4, 0.5) is 22.0 Å². The summed E-state index contributed by atoms with van der Waals surface area (Å²) in [5.41, 5.74) is -2.49. The van der Waals surface area contributed by atoms with Gasteiger partial charge in [-0.15, -0.1) is 23.4 Å². The highest BCUT2D eigenvalue weighted by atomic mass is 32.2. The van der Waals surface area contributed by atoms with Gasteiger partial charge < -0.3 is 9.84 Å². The molecule has 1 aromatic heterocycles. The number of nitrogens with two attached hydrogens (primary N) is 1. The number of sulfonamides is 1. The van der Waals surface area contributed by atoms with Crippen LogP contribution in [0.25, 0.3) is 11.4 Å². The van der Waals surface area contributed by atoms with Gasteiger partial charge in [-0.2, -0.15) is 4.80 Å². The molecular formula is C18H16F5N5O4S. The molecule has 0 bridgehead atoms. The molecule has 2 aromatic carbocycles. The summed E-state index contributed by atoms with van der Waals surface area (Å²) >= 11 is 0. The average Bonchev–Trinajstić information content (AvgIpc) is 3.10. The second kappa shape index (κ2) is 8.64. The van der Waals surface area contributed by atoms with Gasteiger partial charge in [0.2, 0.25) is 15.8 Å². The highest BCUT2D eigenvalue weighted by Gasteiger charge is 2.32. The minimum Gasteiger partial charge on any atom is -0.406 e. The second-order valence-corrected chi connectivity index (χ2v) is 8.83. The van der Waals surface area contributed by atoms with E-state index in [1.165, 1.54) is 0 Å². The third-order valence-corrected chi connectivity index (χ3v) is 5.29. The summed E-state index contributed by atoms with van der Waals surface area (Å²) in [4.78, 5) is 0.805. The number of halogens is 5. The molecule has 0 aliphatic heterocycles. The van der Waals surface area contributed by atoms with Crippen molar-refractivity contribution in [1.29, 1.82) is 0 Å². The molecule has 0 radical (unpaired) electrons. The molecule has 1 unspecified atom stereocenters. The fourth-order valence-electron chi connectivity index (χ4n) is 2.95. The fourth-order valence-corrected chi connectivity index (χ4v) is 3.90. The van der Waals surface area contributed by atoms with Crippen molar-refractivity contribution in [2.24, 2.45) is 5.14 Å². The maximum absolute atomic E-state index is 14.4. The van der Waals surface area contributed by atoms with Gasteiger partial charge in [-0.25, -0.2) is 22.3 Å². The molecule has 1 heterocycles. The first-order valence-corrected chi connectivity index (χ1v) is 10.7. The molecule has 0 spiro atoms. The molecule has 3 aromatic rings. The van der Waals surface area contributed by atoms with Crippen molar-refractivity contribution in [2.75, 3.05) is 5.75 Å². The lowest BCUT2D eigenvalue weighted by molar-refractivity contribution is -0.274. The Kier molecular flexibility index (Phi) is 6.41. The molecular weight excluding hydrogens is 477 g/mol. The van der Waals surface area contributed by atoms with Gasteiger partial charge in [0.05, 0.1) is 17.9 Å². The molecule has 178 valence electrons. The Morgan fingerprint density at radius 1 is 1.12 bits per heavy atom. The summed E-state index contributed by atoms with van der Waals surface area (Å²) in [6, 6.07) is 5.56. The van der Waals surface area contributed by atoms with Crippen LogP contribution in [0.1, 0.15) is 18.1 Å². The van der Waals surface area contributed by atoms with Crippen LogP contribution < -0.4 is 9.88 Å². The first kappa shape index (κ1) is 24.5. The maximum Gasteiger partial charge on any atom is 0.573 e. The number of aromatic nitrogens is 4. The van der Waals surface area contributed by atoms with Gasteiger partial charge in [0.1, 0.15) is 23.0 Å². The standard InChI is InChI=1S/C18H16F5N5O4S/c1-17(29,9-33(24,30)31)11-2-4-15(20)13(7-11)16-25-27-28(26-16)8-10-6-12(3-5-14(10)19)32-18(21,22)23/h2-7,29H,8-9H2,1H3,(H2,24,30,31). The van der Waals surface area contributed by atoms with Crippen molar-refractivity contribution < 1.29 is 40.2 Å². The first-order chi connectivity index (χ1) is 15.1. The molecule has 0 amide bonds. The third kappa shape index (κ3) is 6.43. The van der Waals surface area contributed by atoms with E-state index in [2.05, 4.69) is 20.1 Å². The summed E-state index contributed by atoms with van der Waals surface area (Å²) in [6.45, 7) is 0.704. The van der Waals surface area contributed by atoms with Gasteiger partial charge in [0, 0.05) is 5.56 Å². The minimum absolute atomic E-state index is 0.00711. The number of primary sulfonamides is 1. The Labute approximate surface area is 183 Å². The predicted molar refractivity (Wildman–Crippen MR) is 103 cm³/mol. The van der Waals surface area contributed by atoms with E-state index in [1.807, 2.05) is 0 Å². The summed E-state index contributed by atoms with van der Waals surface area (Å²) in [5, 5.41) is 26.6. The van der Waals surface area contributed by atoms with Gasteiger partial charge in [-0.1, -0.05) is 6.07 Å². The van der Waals surface area contributed by atoms with Gasteiger partial charge in [-0.05, 0) is 48.0 Å². The normalized spacial score (nSPS) is 14.2. The SMILES string of the molecule is CC(O)(CS(N)(=O)=O)c1ccc(F)c(-c2nnn(Cc3cc(OC(F)(F)F)ccc3F)n2)c1. The highest BCUT2D eigenvalue weighted by Crippen LogP contribution is 2.28. The smallest absolute Gasteiger partial charge is 0.406 e. The Morgan fingerprint density at radius 3 is 2.42 bits per heavy atom. The van der Waals surface area contributed by atoms with E-state index >= 15 is 0 Å². The lowest BCUT2D eigenvalue weighted by atomic mass is 9.96. The van der Waals surface area contributed by atoms with Crippen LogP contribution in [0.5, 0.6) is 5.75 Å². The van der Waals surface area contributed by atoms with Crippen LogP contribution in [-0.2, 0) is 22.2 Å². The molecule has 15 heteroatoms. The summed E-state index contributed by atoms with van der Waals surface area (Å²) < 4.78 is 92.0. The monoisotopic (exact) mass is 493 g/mol. The zero-order valence-corrected chi connectivity index (χ0v) is 17.5. The van der Waals surface area contributed by atoms with E-state index in [4.69, 9.17) is 5.14 Å². The number of hydrogen-bond donors (Lipinski definition) is 2. The third-order valence-electron chi connectivity index (χ3n) is 4.33. The molecule has 3 N–H and O–H groups in total. The second-order valence-electron chi connectivity index (χ2n) is 7.22. The van der Waals surface area contributed by atoms with Gasteiger partial charge in [-0.3, -0.25) is 0 Å². The number of benzene rings is 2.